The highest BCUT2D eigenvalue weighted by atomic mass is 35.5. The molecule has 2 rings (SSSR count). The first-order valence-corrected chi connectivity index (χ1v) is 6.46. The van der Waals surface area contributed by atoms with Gasteiger partial charge in [-0.2, -0.15) is 5.10 Å². The van der Waals surface area contributed by atoms with Crippen LogP contribution in [0.3, 0.4) is 0 Å². The van der Waals surface area contributed by atoms with Crippen molar-refractivity contribution in [2.75, 3.05) is 19.0 Å². The second kappa shape index (κ2) is 6.04. The van der Waals surface area contributed by atoms with Crippen LogP contribution in [0.15, 0.2) is 24.5 Å². The molecule has 2 aromatic heterocycles. The average molecular weight is 280 g/mol. The molecule has 5 nitrogen and oxygen atoms in total. The molecule has 19 heavy (non-hydrogen) atoms. The van der Waals surface area contributed by atoms with Crippen molar-refractivity contribution in [3.05, 3.63) is 40.8 Å². The van der Waals surface area contributed by atoms with Crippen LogP contribution in [0.5, 0.6) is 0 Å². The van der Waals surface area contributed by atoms with Gasteiger partial charge in [-0.1, -0.05) is 11.6 Å². The molecule has 0 unspecified atom stereocenters. The molecular weight excluding hydrogens is 262 g/mol. The first kappa shape index (κ1) is 13.8. The number of anilines is 1. The monoisotopic (exact) mass is 279 g/mol. The lowest BCUT2D eigenvalue weighted by atomic mass is 10.3. The summed E-state index contributed by atoms with van der Waals surface area (Å²) in [7, 11) is 5.80. The van der Waals surface area contributed by atoms with E-state index in [1.165, 1.54) is 0 Å². The molecule has 1 N–H and O–H groups in total. The van der Waals surface area contributed by atoms with Gasteiger partial charge in [0.2, 0.25) is 0 Å². The molecule has 102 valence electrons. The van der Waals surface area contributed by atoms with Gasteiger partial charge in [-0.05, 0) is 19.2 Å². The number of nitrogens with one attached hydrogen (secondary N) is 1. The van der Waals surface area contributed by atoms with Crippen LogP contribution in [0.1, 0.15) is 11.3 Å². The van der Waals surface area contributed by atoms with Crippen molar-refractivity contribution in [1.29, 1.82) is 0 Å². The van der Waals surface area contributed by atoms with Gasteiger partial charge < -0.3 is 10.2 Å². The minimum atomic E-state index is 0.660. The van der Waals surface area contributed by atoms with Gasteiger partial charge in [0, 0.05) is 38.9 Å². The highest BCUT2D eigenvalue weighted by molar-refractivity contribution is 6.31. The van der Waals surface area contributed by atoms with E-state index in [4.69, 9.17) is 11.6 Å². The largest absolute Gasteiger partial charge is 0.355 e. The van der Waals surface area contributed by atoms with E-state index < -0.39 is 0 Å². The van der Waals surface area contributed by atoms with Gasteiger partial charge in [-0.25, -0.2) is 4.98 Å². The van der Waals surface area contributed by atoms with Crippen LogP contribution in [0.25, 0.3) is 0 Å². The van der Waals surface area contributed by atoms with E-state index in [0.717, 1.165) is 23.6 Å². The second-order valence-electron chi connectivity index (χ2n) is 4.51. The molecule has 0 aromatic carbocycles. The maximum atomic E-state index is 6.11. The number of nitrogens with zero attached hydrogens (tertiary/aromatic N) is 4. The van der Waals surface area contributed by atoms with E-state index in [1.807, 2.05) is 45.7 Å². The fraction of sp³-hybridized carbons (Fsp3) is 0.385. The second-order valence-corrected chi connectivity index (χ2v) is 4.91. The lowest BCUT2D eigenvalue weighted by molar-refractivity contribution is 0.765. The van der Waals surface area contributed by atoms with Gasteiger partial charge in [-0.15, -0.1) is 0 Å². The summed E-state index contributed by atoms with van der Waals surface area (Å²) in [5.74, 6) is 0.901. The van der Waals surface area contributed by atoms with Crippen molar-refractivity contribution >= 4 is 17.4 Å². The Labute approximate surface area is 118 Å². The molecule has 0 atom stereocenters. The van der Waals surface area contributed by atoms with E-state index in [2.05, 4.69) is 20.3 Å². The Balaban J connectivity index is 2.14. The number of halogens is 1. The number of hydrogen-bond acceptors (Lipinski definition) is 4. The topological polar surface area (TPSA) is 46.0 Å². The van der Waals surface area contributed by atoms with E-state index in [9.17, 15) is 0 Å². The summed E-state index contributed by atoms with van der Waals surface area (Å²) >= 11 is 6.11. The van der Waals surface area contributed by atoms with Gasteiger partial charge >= 0.3 is 0 Å². The van der Waals surface area contributed by atoms with Crippen molar-refractivity contribution in [3.8, 4) is 0 Å². The Morgan fingerprint density at radius 2 is 2.21 bits per heavy atom. The van der Waals surface area contributed by atoms with Crippen molar-refractivity contribution in [2.24, 2.45) is 7.05 Å². The Bertz CT molecular complexity index is 552. The van der Waals surface area contributed by atoms with Crippen LogP contribution in [0.2, 0.25) is 5.02 Å². The van der Waals surface area contributed by atoms with Gasteiger partial charge in [0.1, 0.15) is 5.82 Å². The van der Waals surface area contributed by atoms with Crippen LogP contribution in [-0.4, -0.2) is 28.9 Å². The molecule has 2 heterocycles. The van der Waals surface area contributed by atoms with Gasteiger partial charge in [0.25, 0.3) is 0 Å². The van der Waals surface area contributed by atoms with E-state index in [1.54, 1.807) is 4.68 Å². The van der Waals surface area contributed by atoms with Gasteiger partial charge in [0.05, 0.1) is 16.9 Å². The minimum absolute atomic E-state index is 0.660. The number of hydrogen-bond donors (Lipinski definition) is 1. The summed E-state index contributed by atoms with van der Waals surface area (Å²) in [5.41, 5.74) is 2.01. The van der Waals surface area contributed by atoms with Crippen LogP contribution in [0, 0.1) is 0 Å². The first-order chi connectivity index (χ1) is 9.10. The molecule has 6 heteroatoms. The lowest BCUT2D eigenvalue weighted by Gasteiger charge is -2.18. The van der Waals surface area contributed by atoms with E-state index in [-0.39, 0.29) is 0 Å². The SMILES string of the molecule is CNCc1nc(N(C)Cc2cnn(C)c2)ccc1Cl. The molecule has 0 saturated carbocycles. The van der Waals surface area contributed by atoms with Crippen molar-refractivity contribution in [3.63, 3.8) is 0 Å². The molecule has 0 aliphatic rings. The summed E-state index contributed by atoms with van der Waals surface area (Å²) in [6.07, 6.45) is 3.86. The van der Waals surface area contributed by atoms with Crippen LogP contribution >= 0.6 is 11.6 Å². The first-order valence-electron chi connectivity index (χ1n) is 6.09. The maximum Gasteiger partial charge on any atom is 0.129 e. The van der Waals surface area contributed by atoms with Gasteiger partial charge in [0.15, 0.2) is 0 Å². The van der Waals surface area contributed by atoms with Crippen LogP contribution in [0.4, 0.5) is 5.82 Å². The molecule has 0 bridgehead atoms. The lowest BCUT2D eigenvalue weighted by Crippen LogP contribution is -2.18. The van der Waals surface area contributed by atoms with E-state index in [0.29, 0.717) is 11.6 Å². The number of aryl methyl sites for hydroxylation is 1. The molecule has 0 amide bonds. The summed E-state index contributed by atoms with van der Waals surface area (Å²) in [6, 6.07) is 3.81. The molecule has 0 spiro atoms. The minimum Gasteiger partial charge on any atom is -0.355 e. The normalized spacial score (nSPS) is 10.7. The summed E-state index contributed by atoms with van der Waals surface area (Å²) in [5, 5.41) is 7.92. The van der Waals surface area contributed by atoms with E-state index >= 15 is 0 Å². The summed E-state index contributed by atoms with van der Waals surface area (Å²) in [6.45, 7) is 1.43. The highest BCUT2D eigenvalue weighted by Crippen LogP contribution is 2.19. The highest BCUT2D eigenvalue weighted by Gasteiger charge is 2.08. The van der Waals surface area contributed by atoms with Crippen LogP contribution in [-0.2, 0) is 20.1 Å². The third-order valence-corrected chi connectivity index (χ3v) is 3.16. The zero-order valence-electron chi connectivity index (χ0n) is 11.4. The average Bonchev–Trinajstić information content (AvgIpc) is 2.77. The molecule has 0 saturated heterocycles. The Hall–Kier alpha value is -1.59. The predicted octanol–water partition coefficient (Wildman–Crippen LogP) is 1.82. The third-order valence-electron chi connectivity index (χ3n) is 2.82. The smallest absolute Gasteiger partial charge is 0.129 e. The maximum absolute atomic E-state index is 6.11. The quantitative estimate of drug-likeness (QED) is 0.907. The molecular formula is C13H18ClN5. The Morgan fingerprint density at radius 1 is 1.42 bits per heavy atom. The number of aromatic nitrogens is 3. The molecule has 0 aliphatic carbocycles. The van der Waals surface area contributed by atoms with Crippen molar-refractivity contribution < 1.29 is 0 Å². The van der Waals surface area contributed by atoms with Crippen molar-refractivity contribution in [2.45, 2.75) is 13.1 Å². The molecule has 0 aliphatic heterocycles. The Morgan fingerprint density at radius 3 is 2.84 bits per heavy atom. The summed E-state index contributed by atoms with van der Waals surface area (Å²) in [4.78, 5) is 6.65. The third kappa shape index (κ3) is 3.45. The molecule has 2 aromatic rings. The summed E-state index contributed by atoms with van der Waals surface area (Å²) < 4.78 is 1.80. The van der Waals surface area contributed by atoms with Gasteiger partial charge in [-0.3, -0.25) is 4.68 Å². The predicted molar refractivity (Wildman–Crippen MR) is 77.3 cm³/mol. The zero-order chi connectivity index (χ0) is 13.8. The number of rotatable bonds is 5. The Kier molecular flexibility index (Phi) is 4.39. The standard InChI is InChI=1S/C13H18ClN5/c1-15-7-12-11(14)4-5-13(17-12)18(2)8-10-6-16-19(3)9-10/h4-6,9,15H,7-8H2,1-3H3. The molecule has 0 fully saturated rings. The zero-order valence-corrected chi connectivity index (χ0v) is 12.1. The molecule has 0 radical (unpaired) electrons. The number of pyridine rings is 1. The van der Waals surface area contributed by atoms with Crippen molar-refractivity contribution in [1.82, 2.24) is 20.1 Å². The fourth-order valence-corrected chi connectivity index (χ4v) is 2.06. The van der Waals surface area contributed by atoms with Crippen LogP contribution < -0.4 is 10.2 Å². The fourth-order valence-electron chi connectivity index (χ4n) is 1.89.